The molecule has 0 aromatic carbocycles. The topological polar surface area (TPSA) is 57.5 Å². The monoisotopic (exact) mass is 333 g/mol. The molecule has 2 aromatic heterocycles. The number of hydrogen-bond acceptors (Lipinski definition) is 4. The van der Waals surface area contributed by atoms with Gasteiger partial charge in [-0.2, -0.15) is 0 Å². The molecule has 2 amide bonds. The Bertz CT molecular complexity index is 591. The Morgan fingerprint density at radius 3 is 2.83 bits per heavy atom. The van der Waals surface area contributed by atoms with Crippen LogP contribution in [0.5, 0.6) is 0 Å². The summed E-state index contributed by atoms with van der Waals surface area (Å²) in [5.41, 5.74) is 0. The number of hydrogen-bond donors (Lipinski definition) is 2. The molecule has 0 radical (unpaired) electrons. The van der Waals surface area contributed by atoms with E-state index in [9.17, 15) is 4.79 Å². The van der Waals surface area contributed by atoms with Crippen LogP contribution in [0.2, 0.25) is 0 Å². The molecule has 3 heterocycles. The minimum absolute atomic E-state index is 0.0175. The Labute approximate surface area is 140 Å². The van der Waals surface area contributed by atoms with E-state index in [-0.39, 0.29) is 18.1 Å². The van der Waals surface area contributed by atoms with Crippen LogP contribution in [0.15, 0.2) is 40.3 Å². The van der Waals surface area contributed by atoms with Gasteiger partial charge in [-0.05, 0) is 56.4 Å². The molecule has 2 N–H and O–H groups in total. The Morgan fingerprint density at radius 2 is 2.17 bits per heavy atom. The molecule has 1 fully saturated rings. The van der Waals surface area contributed by atoms with Gasteiger partial charge in [0.05, 0.1) is 18.3 Å². The maximum atomic E-state index is 12.2. The summed E-state index contributed by atoms with van der Waals surface area (Å²) in [4.78, 5) is 15.7. The van der Waals surface area contributed by atoms with E-state index in [2.05, 4.69) is 15.5 Å². The summed E-state index contributed by atoms with van der Waals surface area (Å²) in [6, 6.07) is 7.90. The summed E-state index contributed by atoms with van der Waals surface area (Å²) in [5, 5.41) is 8.00. The molecule has 2 atom stereocenters. The predicted octanol–water partition coefficient (Wildman–Crippen LogP) is 3.54. The third kappa shape index (κ3) is 4.14. The number of thiophene rings is 1. The lowest BCUT2D eigenvalue weighted by molar-refractivity contribution is 0.202. The average molecular weight is 333 g/mol. The van der Waals surface area contributed by atoms with Crippen LogP contribution >= 0.6 is 11.3 Å². The number of carbonyl (C=O) groups is 1. The highest BCUT2D eigenvalue weighted by Gasteiger charge is 2.26. The summed E-state index contributed by atoms with van der Waals surface area (Å²) in [7, 11) is 0. The van der Waals surface area contributed by atoms with Gasteiger partial charge in [-0.25, -0.2) is 4.79 Å². The smallest absolute Gasteiger partial charge is 0.315 e. The lowest BCUT2D eigenvalue weighted by atomic mass is 10.2. The molecular formula is C17H23N3O2S. The summed E-state index contributed by atoms with van der Waals surface area (Å²) >= 11 is 1.65. The van der Waals surface area contributed by atoms with E-state index < -0.39 is 0 Å². The van der Waals surface area contributed by atoms with Crippen LogP contribution in [0.1, 0.15) is 42.5 Å². The molecule has 0 bridgehead atoms. The van der Waals surface area contributed by atoms with Crippen molar-refractivity contribution in [3.05, 3.63) is 46.5 Å². The second kappa shape index (κ2) is 7.66. The Balaban J connectivity index is 1.55. The second-order valence-corrected chi connectivity index (χ2v) is 6.85. The summed E-state index contributed by atoms with van der Waals surface area (Å²) in [6.07, 6.45) is 4.11. The highest BCUT2D eigenvalue weighted by molar-refractivity contribution is 7.10. The molecule has 0 spiro atoms. The Kier molecular flexibility index (Phi) is 5.35. The van der Waals surface area contributed by atoms with Crippen molar-refractivity contribution in [3.8, 4) is 0 Å². The zero-order valence-corrected chi connectivity index (χ0v) is 14.1. The summed E-state index contributed by atoms with van der Waals surface area (Å²) in [5.74, 6) is 0.915. The number of likely N-dealkylation sites (tertiary alicyclic amines) is 1. The van der Waals surface area contributed by atoms with Crippen molar-refractivity contribution in [2.75, 3.05) is 19.6 Å². The lowest BCUT2D eigenvalue weighted by Crippen LogP contribution is -2.42. The van der Waals surface area contributed by atoms with Crippen LogP contribution in [-0.4, -0.2) is 30.6 Å². The number of nitrogens with zero attached hydrogens (tertiary/aromatic N) is 1. The van der Waals surface area contributed by atoms with E-state index in [4.69, 9.17) is 4.42 Å². The molecule has 2 unspecified atom stereocenters. The van der Waals surface area contributed by atoms with Crippen LogP contribution in [0.4, 0.5) is 4.79 Å². The molecule has 124 valence electrons. The van der Waals surface area contributed by atoms with E-state index >= 15 is 0 Å². The maximum Gasteiger partial charge on any atom is 0.315 e. The average Bonchev–Trinajstić information content (AvgIpc) is 3.30. The van der Waals surface area contributed by atoms with Crippen LogP contribution < -0.4 is 10.6 Å². The Hall–Kier alpha value is -1.79. The molecule has 23 heavy (non-hydrogen) atoms. The van der Waals surface area contributed by atoms with E-state index in [0.717, 1.165) is 23.7 Å². The highest BCUT2D eigenvalue weighted by atomic mass is 32.1. The van der Waals surface area contributed by atoms with Crippen molar-refractivity contribution >= 4 is 17.4 Å². The minimum Gasteiger partial charge on any atom is -0.468 e. The highest BCUT2D eigenvalue weighted by Crippen LogP contribution is 2.25. The second-order valence-electron chi connectivity index (χ2n) is 5.87. The van der Waals surface area contributed by atoms with Gasteiger partial charge in [0.1, 0.15) is 5.76 Å². The number of furan rings is 1. The predicted molar refractivity (Wildman–Crippen MR) is 91.5 cm³/mol. The molecule has 1 saturated heterocycles. The van der Waals surface area contributed by atoms with Crippen molar-refractivity contribution in [1.82, 2.24) is 15.5 Å². The fourth-order valence-electron chi connectivity index (χ4n) is 2.99. The number of rotatable bonds is 6. The van der Waals surface area contributed by atoms with Crippen LogP contribution in [-0.2, 0) is 0 Å². The zero-order chi connectivity index (χ0) is 16.1. The van der Waals surface area contributed by atoms with E-state index in [1.165, 1.54) is 12.8 Å². The summed E-state index contributed by atoms with van der Waals surface area (Å²) in [6.45, 7) is 4.66. The van der Waals surface area contributed by atoms with Gasteiger partial charge >= 0.3 is 6.03 Å². The van der Waals surface area contributed by atoms with Gasteiger partial charge in [0.2, 0.25) is 0 Å². The van der Waals surface area contributed by atoms with Crippen molar-refractivity contribution in [3.63, 3.8) is 0 Å². The van der Waals surface area contributed by atoms with Gasteiger partial charge in [-0.3, -0.25) is 4.90 Å². The Morgan fingerprint density at radius 1 is 1.35 bits per heavy atom. The molecule has 3 rings (SSSR count). The first-order chi connectivity index (χ1) is 11.2. The van der Waals surface area contributed by atoms with E-state index in [1.807, 2.05) is 36.6 Å². The quantitative estimate of drug-likeness (QED) is 0.850. The molecule has 2 aromatic rings. The van der Waals surface area contributed by atoms with E-state index in [1.54, 1.807) is 17.6 Å². The van der Waals surface area contributed by atoms with Gasteiger partial charge in [-0.15, -0.1) is 11.3 Å². The lowest BCUT2D eigenvalue weighted by Gasteiger charge is -2.26. The summed E-state index contributed by atoms with van der Waals surface area (Å²) < 4.78 is 5.57. The number of carbonyl (C=O) groups excluding carboxylic acids is 1. The molecular weight excluding hydrogens is 310 g/mol. The van der Waals surface area contributed by atoms with Gasteiger partial charge in [0, 0.05) is 11.4 Å². The SMILES string of the molecule is CC(NC(=O)NCC(c1ccco1)N1CCCC1)c1cccs1. The van der Waals surface area contributed by atoms with Crippen molar-refractivity contribution in [2.45, 2.75) is 31.8 Å². The first-order valence-corrected chi connectivity index (χ1v) is 8.97. The molecule has 1 aliphatic rings. The third-order valence-electron chi connectivity index (χ3n) is 4.23. The van der Waals surface area contributed by atoms with Crippen molar-refractivity contribution < 1.29 is 9.21 Å². The minimum atomic E-state index is -0.137. The first-order valence-electron chi connectivity index (χ1n) is 8.09. The molecule has 0 saturated carbocycles. The van der Waals surface area contributed by atoms with Crippen molar-refractivity contribution in [1.29, 1.82) is 0 Å². The zero-order valence-electron chi connectivity index (χ0n) is 13.3. The maximum absolute atomic E-state index is 12.2. The van der Waals surface area contributed by atoms with Crippen LogP contribution in [0.3, 0.4) is 0 Å². The van der Waals surface area contributed by atoms with Gasteiger partial charge < -0.3 is 15.1 Å². The fourth-order valence-corrected chi connectivity index (χ4v) is 3.72. The number of urea groups is 1. The van der Waals surface area contributed by atoms with Crippen molar-refractivity contribution in [2.24, 2.45) is 0 Å². The number of nitrogens with one attached hydrogen (secondary N) is 2. The normalized spacial score (nSPS) is 17.8. The first kappa shape index (κ1) is 16.1. The van der Waals surface area contributed by atoms with Crippen LogP contribution in [0.25, 0.3) is 0 Å². The third-order valence-corrected chi connectivity index (χ3v) is 5.28. The molecule has 5 nitrogen and oxygen atoms in total. The van der Waals surface area contributed by atoms with Gasteiger partial charge in [-0.1, -0.05) is 6.07 Å². The standard InChI is InChI=1S/C17H23N3O2S/c1-13(16-7-5-11-23-16)19-17(21)18-12-14(15-6-4-10-22-15)20-8-2-3-9-20/h4-7,10-11,13-14H,2-3,8-9,12H2,1H3,(H2,18,19,21). The largest absolute Gasteiger partial charge is 0.468 e. The van der Waals surface area contributed by atoms with Crippen LogP contribution in [0, 0.1) is 0 Å². The van der Waals surface area contributed by atoms with E-state index in [0.29, 0.717) is 6.54 Å². The van der Waals surface area contributed by atoms with Gasteiger partial charge in [0.15, 0.2) is 0 Å². The molecule has 6 heteroatoms. The number of amides is 2. The molecule has 0 aliphatic carbocycles. The van der Waals surface area contributed by atoms with Gasteiger partial charge in [0.25, 0.3) is 0 Å². The fraction of sp³-hybridized carbons (Fsp3) is 0.471. The molecule has 1 aliphatic heterocycles.